The lowest BCUT2D eigenvalue weighted by Gasteiger charge is -2.38. The fourth-order valence-electron chi connectivity index (χ4n) is 1.49. The number of rotatable bonds is 4. The zero-order chi connectivity index (χ0) is 16.6. The van der Waals surface area contributed by atoms with Crippen LogP contribution in [-0.2, 0) is 4.79 Å². The van der Waals surface area contributed by atoms with Gasteiger partial charge in [-0.2, -0.15) is 0 Å². The molecule has 0 aliphatic rings. The highest BCUT2D eigenvalue weighted by Gasteiger charge is 2.44. The van der Waals surface area contributed by atoms with Crippen molar-refractivity contribution < 1.29 is 14.7 Å². The van der Waals surface area contributed by atoms with Crippen molar-refractivity contribution in [2.75, 3.05) is 5.73 Å². The van der Waals surface area contributed by atoms with Gasteiger partial charge in [-0.3, -0.25) is 9.59 Å². The van der Waals surface area contributed by atoms with Crippen molar-refractivity contribution in [2.24, 2.45) is 5.41 Å². The van der Waals surface area contributed by atoms with Crippen molar-refractivity contribution in [1.82, 2.24) is 5.32 Å². The zero-order valence-electron chi connectivity index (χ0n) is 12.3. The van der Waals surface area contributed by atoms with Crippen molar-refractivity contribution in [3.05, 3.63) is 27.7 Å². The fourth-order valence-corrected chi connectivity index (χ4v) is 1.98. The molecule has 0 radical (unpaired) electrons. The van der Waals surface area contributed by atoms with Gasteiger partial charge in [0, 0.05) is 5.56 Å². The minimum absolute atomic E-state index is 0.169. The lowest BCUT2D eigenvalue weighted by Crippen LogP contribution is -2.56. The number of carboxylic acids is 1. The molecule has 0 saturated heterocycles. The molecule has 0 saturated carbocycles. The standard InChI is InChI=1S/C14H18Cl2N2O3/c1-13(2,12(20)21)14(3,4)18-11(19)7-5-8(15)10(17)9(16)6-7/h5-6H,17H2,1-4H3,(H,18,19)(H,20,21). The highest BCUT2D eigenvalue weighted by molar-refractivity contribution is 6.39. The number of carbonyl (C=O) groups excluding carboxylic acids is 1. The highest BCUT2D eigenvalue weighted by atomic mass is 35.5. The zero-order valence-corrected chi connectivity index (χ0v) is 13.8. The van der Waals surface area contributed by atoms with E-state index < -0.39 is 22.8 Å². The van der Waals surface area contributed by atoms with Gasteiger partial charge in [0.05, 0.1) is 26.7 Å². The Morgan fingerprint density at radius 2 is 1.57 bits per heavy atom. The number of halogens is 2. The van der Waals surface area contributed by atoms with Crippen LogP contribution in [0.1, 0.15) is 38.1 Å². The molecule has 21 heavy (non-hydrogen) atoms. The number of hydrogen-bond acceptors (Lipinski definition) is 3. The summed E-state index contributed by atoms with van der Waals surface area (Å²) in [6.07, 6.45) is 0. The van der Waals surface area contributed by atoms with Gasteiger partial charge < -0.3 is 16.2 Å². The van der Waals surface area contributed by atoms with E-state index in [2.05, 4.69) is 5.32 Å². The lowest BCUT2D eigenvalue weighted by atomic mass is 9.74. The molecule has 1 rings (SSSR count). The SMILES string of the molecule is CC(C)(NC(=O)c1cc(Cl)c(N)c(Cl)c1)C(C)(C)C(=O)O. The molecule has 0 heterocycles. The average Bonchev–Trinajstić information content (AvgIpc) is 2.34. The Morgan fingerprint density at radius 1 is 1.14 bits per heavy atom. The second-order valence-corrected chi connectivity index (χ2v) is 6.68. The number of aliphatic carboxylic acids is 1. The Bertz CT molecular complexity index is 575. The quantitative estimate of drug-likeness (QED) is 0.738. The van der Waals surface area contributed by atoms with E-state index in [0.29, 0.717) is 0 Å². The predicted molar refractivity (Wildman–Crippen MR) is 83.8 cm³/mol. The highest BCUT2D eigenvalue weighted by Crippen LogP contribution is 2.32. The van der Waals surface area contributed by atoms with E-state index >= 15 is 0 Å². The van der Waals surface area contributed by atoms with Crippen LogP contribution in [0.25, 0.3) is 0 Å². The summed E-state index contributed by atoms with van der Waals surface area (Å²) in [6, 6.07) is 2.78. The number of nitrogens with one attached hydrogen (secondary N) is 1. The third-order valence-electron chi connectivity index (χ3n) is 3.86. The van der Waals surface area contributed by atoms with E-state index in [0.717, 1.165) is 0 Å². The third-order valence-corrected chi connectivity index (χ3v) is 4.49. The second kappa shape index (κ2) is 5.73. The Hall–Kier alpha value is -1.46. The minimum atomic E-state index is -1.16. The first-order valence-electron chi connectivity index (χ1n) is 6.20. The number of nitrogen functional groups attached to an aromatic ring is 1. The van der Waals surface area contributed by atoms with E-state index in [1.807, 2.05) is 0 Å². The maximum Gasteiger partial charge on any atom is 0.311 e. The molecule has 0 atom stereocenters. The summed E-state index contributed by atoms with van der Waals surface area (Å²) in [4.78, 5) is 23.6. The number of nitrogens with two attached hydrogens (primary N) is 1. The monoisotopic (exact) mass is 332 g/mol. The maximum atomic E-state index is 12.3. The third kappa shape index (κ3) is 3.41. The summed E-state index contributed by atoms with van der Waals surface area (Å²) in [5.74, 6) is -1.49. The first-order valence-corrected chi connectivity index (χ1v) is 6.96. The number of benzene rings is 1. The van der Waals surface area contributed by atoms with Gasteiger partial charge in [0.25, 0.3) is 5.91 Å². The molecule has 0 spiro atoms. The molecule has 1 aromatic rings. The lowest BCUT2D eigenvalue weighted by molar-refractivity contribution is -0.150. The van der Waals surface area contributed by atoms with Gasteiger partial charge in [-0.15, -0.1) is 0 Å². The molecule has 116 valence electrons. The molecule has 4 N–H and O–H groups in total. The van der Waals surface area contributed by atoms with Crippen molar-refractivity contribution >= 4 is 40.8 Å². The van der Waals surface area contributed by atoms with Crippen molar-refractivity contribution in [3.8, 4) is 0 Å². The van der Waals surface area contributed by atoms with Crippen LogP contribution in [0.3, 0.4) is 0 Å². The summed E-state index contributed by atoms with van der Waals surface area (Å²) in [7, 11) is 0. The Labute approximate surface area is 133 Å². The number of amides is 1. The van der Waals surface area contributed by atoms with Crippen LogP contribution in [-0.4, -0.2) is 22.5 Å². The summed E-state index contributed by atoms with van der Waals surface area (Å²) >= 11 is 11.8. The first kappa shape index (κ1) is 17.6. The largest absolute Gasteiger partial charge is 0.481 e. The molecule has 0 unspecified atom stereocenters. The molecule has 0 aliphatic heterocycles. The van der Waals surface area contributed by atoms with Gasteiger partial charge in [-0.1, -0.05) is 23.2 Å². The van der Waals surface area contributed by atoms with Gasteiger partial charge in [0.15, 0.2) is 0 Å². The van der Waals surface area contributed by atoms with Crippen LogP contribution in [0.5, 0.6) is 0 Å². The molecular formula is C14H18Cl2N2O3. The molecule has 1 aromatic carbocycles. The molecular weight excluding hydrogens is 315 g/mol. The van der Waals surface area contributed by atoms with Gasteiger partial charge >= 0.3 is 5.97 Å². The van der Waals surface area contributed by atoms with Crippen molar-refractivity contribution in [3.63, 3.8) is 0 Å². The normalized spacial score (nSPS) is 12.1. The number of carboxylic acid groups (broad SMARTS) is 1. The molecule has 7 heteroatoms. The van der Waals surface area contributed by atoms with Crippen molar-refractivity contribution in [1.29, 1.82) is 0 Å². The van der Waals surface area contributed by atoms with E-state index in [9.17, 15) is 14.7 Å². The van der Waals surface area contributed by atoms with E-state index in [1.165, 1.54) is 12.1 Å². The van der Waals surface area contributed by atoms with Gasteiger partial charge in [0.1, 0.15) is 0 Å². The summed E-state index contributed by atoms with van der Waals surface area (Å²) in [6.45, 7) is 6.36. The number of anilines is 1. The van der Waals surface area contributed by atoms with E-state index in [1.54, 1.807) is 27.7 Å². The Balaban J connectivity index is 3.09. The molecule has 0 fully saturated rings. The van der Waals surface area contributed by atoms with Gasteiger partial charge in [0.2, 0.25) is 0 Å². The predicted octanol–water partition coefficient (Wildman–Crippen LogP) is 3.19. The summed E-state index contributed by atoms with van der Waals surface area (Å²) in [5.41, 5.74) is 3.87. The average molecular weight is 333 g/mol. The van der Waals surface area contributed by atoms with Gasteiger partial charge in [-0.25, -0.2) is 0 Å². The smallest absolute Gasteiger partial charge is 0.311 e. The van der Waals surface area contributed by atoms with Crippen molar-refractivity contribution in [2.45, 2.75) is 33.2 Å². The summed E-state index contributed by atoms with van der Waals surface area (Å²) < 4.78 is 0. The maximum absolute atomic E-state index is 12.3. The molecule has 0 bridgehead atoms. The number of hydrogen-bond donors (Lipinski definition) is 3. The number of carbonyl (C=O) groups is 2. The molecule has 0 aliphatic carbocycles. The molecule has 1 amide bonds. The summed E-state index contributed by atoms with van der Waals surface area (Å²) in [5, 5.41) is 12.3. The van der Waals surface area contributed by atoms with E-state index in [4.69, 9.17) is 28.9 Å². The van der Waals surface area contributed by atoms with Crippen LogP contribution < -0.4 is 11.1 Å². The molecule has 5 nitrogen and oxygen atoms in total. The minimum Gasteiger partial charge on any atom is -0.481 e. The van der Waals surface area contributed by atoms with E-state index in [-0.39, 0.29) is 21.3 Å². The van der Waals surface area contributed by atoms with Crippen LogP contribution in [0, 0.1) is 5.41 Å². The van der Waals surface area contributed by atoms with Crippen LogP contribution in [0.4, 0.5) is 5.69 Å². The van der Waals surface area contributed by atoms with Crippen LogP contribution in [0.15, 0.2) is 12.1 Å². The van der Waals surface area contributed by atoms with Crippen LogP contribution in [0.2, 0.25) is 10.0 Å². The topological polar surface area (TPSA) is 92.4 Å². The fraction of sp³-hybridized carbons (Fsp3) is 0.429. The Kier molecular flexibility index (Phi) is 4.80. The second-order valence-electron chi connectivity index (χ2n) is 5.86. The Morgan fingerprint density at radius 3 is 1.95 bits per heavy atom. The van der Waals surface area contributed by atoms with Crippen LogP contribution >= 0.6 is 23.2 Å². The molecule has 0 aromatic heterocycles. The van der Waals surface area contributed by atoms with Gasteiger partial charge in [-0.05, 0) is 39.8 Å². The first-order chi connectivity index (χ1) is 9.40.